The summed E-state index contributed by atoms with van der Waals surface area (Å²) < 4.78 is 0. The Morgan fingerprint density at radius 2 is 1.47 bits per heavy atom. The maximum absolute atomic E-state index is 13.1. The van der Waals surface area contributed by atoms with Gasteiger partial charge in [0, 0.05) is 11.3 Å². The van der Waals surface area contributed by atoms with E-state index in [-0.39, 0.29) is 57.9 Å². The smallest absolute Gasteiger partial charge is 0.335 e. The Bertz CT molecular complexity index is 1280. The van der Waals surface area contributed by atoms with Gasteiger partial charge in [-0.15, -0.1) is 0 Å². The summed E-state index contributed by atoms with van der Waals surface area (Å²) in [5.74, 6) is -4.12. The molecule has 2 bridgehead atoms. The molecule has 4 atom stereocenters. The molecule has 2 aliphatic carbocycles. The largest absolute Gasteiger partial charge is 0.478 e. The number of fused-ring (bicyclic) bond motifs is 5. The van der Waals surface area contributed by atoms with Crippen molar-refractivity contribution in [2.75, 3.05) is 10.2 Å². The summed E-state index contributed by atoms with van der Waals surface area (Å²) in [5, 5.41) is 20.9. The standard InChI is InChI=1S/C25H20N2O7/c1-11-6-13-10-18(11)20-19(13)22(29)27(23(20)30)17-4-2-12(3-5-17)21(28)26-16-8-14(24(31)32)7-15(9-16)25(33)34/h2-9,13,18-20H,10H2,1H3,(H,26,28)(H,31,32)(H,33,34). The number of amides is 3. The zero-order chi connectivity index (χ0) is 24.3. The number of hydrogen-bond donors (Lipinski definition) is 3. The van der Waals surface area contributed by atoms with Crippen molar-refractivity contribution in [3.05, 3.63) is 70.8 Å². The van der Waals surface area contributed by atoms with E-state index in [0.29, 0.717) is 5.69 Å². The predicted octanol–water partition coefficient (Wildman–Crippen LogP) is 3.04. The van der Waals surface area contributed by atoms with E-state index in [1.54, 1.807) is 0 Å². The second kappa shape index (κ2) is 7.65. The fourth-order valence-corrected chi connectivity index (χ4v) is 5.44. The van der Waals surface area contributed by atoms with Gasteiger partial charge in [-0.05, 0) is 67.6 Å². The highest BCUT2D eigenvalue weighted by Crippen LogP contribution is 2.55. The van der Waals surface area contributed by atoms with E-state index in [9.17, 15) is 34.2 Å². The van der Waals surface area contributed by atoms with Crippen LogP contribution in [0.25, 0.3) is 0 Å². The molecule has 2 aromatic rings. The van der Waals surface area contributed by atoms with Gasteiger partial charge in [0.2, 0.25) is 11.8 Å². The van der Waals surface area contributed by atoms with Crippen LogP contribution in [0.1, 0.15) is 44.4 Å². The molecule has 5 rings (SSSR count). The molecule has 1 saturated carbocycles. The Morgan fingerprint density at radius 3 is 2.06 bits per heavy atom. The predicted molar refractivity (Wildman–Crippen MR) is 120 cm³/mol. The second-order valence-corrected chi connectivity index (χ2v) is 8.89. The van der Waals surface area contributed by atoms with Gasteiger partial charge in [0.15, 0.2) is 0 Å². The lowest BCUT2D eigenvalue weighted by atomic mass is 9.82. The molecule has 1 aliphatic heterocycles. The molecule has 172 valence electrons. The van der Waals surface area contributed by atoms with Crippen molar-refractivity contribution in [3.8, 4) is 0 Å². The normalized spacial score (nSPS) is 24.7. The number of benzene rings is 2. The molecular weight excluding hydrogens is 440 g/mol. The minimum absolute atomic E-state index is 0.0162. The lowest BCUT2D eigenvalue weighted by molar-refractivity contribution is -0.123. The lowest BCUT2D eigenvalue weighted by Crippen LogP contribution is -2.33. The molecule has 3 N–H and O–H groups in total. The quantitative estimate of drug-likeness (QED) is 0.460. The summed E-state index contributed by atoms with van der Waals surface area (Å²) >= 11 is 0. The first-order valence-electron chi connectivity index (χ1n) is 10.7. The van der Waals surface area contributed by atoms with Crippen LogP contribution in [0.2, 0.25) is 0 Å². The molecule has 4 unspecified atom stereocenters. The van der Waals surface area contributed by atoms with Gasteiger partial charge in [-0.25, -0.2) is 9.59 Å². The Kier molecular flexibility index (Phi) is 4.85. The zero-order valence-electron chi connectivity index (χ0n) is 18.0. The number of anilines is 2. The molecule has 3 aliphatic rings. The van der Waals surface area contributed by atoms with E-state index >= 15 is 0 Å². The van der Waals surface area contributed by atoms with Crippen LogP contribution in [0, 0.1) is 23.7 Å². The van der Waals surface area contributed by atoms with Crippen molar-refractivity contribution < 1.29 is 34.2 Å². The van der Waals surface area contributed by atoms with Crippen LogP contribution in [-0.4, -0.2) is 39.9 Å². The van der Waals surface area contributed by atoms with Gasteiger partial charge in [-0.3, -0.25) is 19.3 Å². The van der Waals surface area contributed by atoms with Gasteiger partial charge in [-0.2, -0.15) is 0 Å². The fraction of sp³-hybridized carbons (Fsp3) is 0.240. The van der Waals surface area contributed by atoms with Crippen molar-refractivity contribution in [1.29, 1.82) is 0 Å². The average molecular weight is 460 g/mol. The molecule has 9 nitrogen and oxygen atoms in total. The summed E-state index contributed by atoms with van der Waals surface area (Å²) in [5.41, 5.74) is 1.21. The molecule has 1 saturated heterocycles. The van der Waals surface area contributed by atoms with Gasteiger partial charge in [0.25, 0.3) is 5.91 Å². The lowest BCUT2D eigenvalue weighted by Gasteiger charge is -2.19. The number of allylic oxidation sites excluding steroid dienone is 2. The van der Waals surface area contributed by atoms with Crippen LogP contribution in [0.4, 0.5) is 11.4 Å². The number of hydrogen-bond acceptors (Lipinski definition) is 5. The summed E-state index contributed by atoms with van der Waals surface area (Å²) in [6, 6.07) is 9.26. The number of aromatic carboxylic acids is 2. The third-order valence-corrected chi connectivity index (χ3v) is 6.95. The first-order chi connectivity index (χ1) is 16.2. The molecule has 2 aromatic carbocycles. The number of nitrogens with zero attached hydrogens (tertiary/aromatic N) is 1. The summed E-state index contributed by atoms with van der Waals surface area (Å²) in [4.78, 5) is 62.5. The first-order valence-corrected chi connectivity index (χ1v) is 10.7. The highest BCUT2D eigenvalue weighted by Gasteiger charge is 2.60. The molecule has 0 aromatic heterocycles. The van der Waals surface area contributed by atoms with Crippen molar-refractivity contribution in [3.63, 3.8) is 0 Å². The Balaban J connectivity index is 1.35. The summed E-state index contributed by atoms with van der Waals surface area (Å²) in [6.45, 7) is 2.00. The molecule has 9 heteroatoms. The first kappa shape index (κ1) is 21.6. The highest BCUT2D eigenvalue weighted by molar-refractivity contribution is 6.23. The van der Waals surface area contributed by atoms with Crippen molar-refractivity contribution in [2.24, 2.45) is 23.7 Å². The number of carbonyl (C=O) groups excluding carboxylic acids is 3. The second-order valence-electron chi connectivity index (χ2n) is 8.89. The number of carboxylic acid groups (broad SMARTS) is 2. The third-order valence-electron chi connectivity index (χ3n) is 6.95. The monoisotopic (exact) mass is 460 g/mol. The van der Waals surface area contributed by atoms with Gasteiger partial charge < -0.3 is 15.5 Å². The molecule has 2 fully saturated rings. The van der Waals surface area contributed by atoms with Crippen LogP contribution in [0.5, 0.6) is 0 Å². The minimum Gasteiger partial charge on any atom is -0.478 e. The van der Waals surface area contributed by atoms with Crippen molar-refractivity contribution >= 4 is 41.0 Å². The maximum atomic E-state index is 13.1. The van der Waals surface area contributed by atoms with Crippen molar-refractivity contribution in [2.45, 2.75) is 13.3 Å². The van der Waals surface area contributed by atoms with Gasteiger partial charge in [0.1, 0.15) is 0 Å². The molecule has 34 heavy (non-hydrogen) atoms. The number of imide groups is 1. The van der Waals surface area contributed by atoms with E-state index in [2.05, 4.69) is 11.4 Å². The van der Waals surface area contributed by atoms with E-state index in [1.807, 2.05) is 6.92 Å². The summed E-state index contributed by atoms with van der Waals surface area (Å²) in [7, 11) is 0. The van der Waals surface area contributed by atoms with Crippen LogP contribution in [-0.2, 0) is 9.59 Å². The third kappa shape index (κ3) is 3.28. The topological polar surface area (TPSA) is 141 Å². The van der Waals surface area contributed by atoms with Crippen LogP contribution in [0.3, 0.4) is 0 Å². The fourth-order valence-electron chi connectivity index (χ4n) is 5.44. The van der Waals surface area contributed by atoms with E-state index in [1.165, 1.54) is 34.7 Å². The molecule has 1 heterocycles. The van der Waals surface area contributed by atoms with Gasteiger partial charge in [-0.1, -0.05) is 11.6 Å². The van der Waals surface area contributed by atoms with Crippen molar-refractivity contribution in [1.82, 2.24) is 0 Å². The van der Waals surface area contributed by atoms with Gasteiger partial charge in [0.05, 0.1) is 28.7 Å². The SMILES string of the molecule is CC1=CC2CC1C1C(=O)N(c3ccc(C(=O)Nc4cc(C(=O)O)cc(C(=O)O)c4)cc3)C(=O)C21. The van der Waals surface area contributed by atoms with E-state index in [4.69, 9.17) is 0 Å². The Labute approximate surface area is 193 Å². The average Bonchev–Trinajstić information content (AvgIpc) is 3.43. The van der Waals surface area contributed by atoms with Gasteiger partial charge >= 0.3 is 11.9 Å². The molecule has 0 radical (unpaired) electrons. The minimum atomic E-state index is -1.33. The number of nitrogens with one attached hydrogen (secondary N) is 1. The maximum Gasteiger partial charge on any atom is 0.335 e. The molecule has 3 amide bonds. The highest BCUT2D eigenvalue weighted by atomic mass is 16.4. The number of carbonyl (C=O) groups is 5. The van der Waals surface area contributed by atoms with Crippen LogP contribution < -0.4 is 10.2 Å². The van der Waals surface area contributed by atoms with E-state index in [0.717, 1.165) is 24.6 Å². The Hall–Kier alpha value is -4.27. The van der Waals surface area contributed by atoms with E-state index < -0.39 is 17.8 Å². The number of carboxylic acids is 2. The Morgan fingerprint density at radius 1 is 0.882 bits per heavy atom. The molecular formula is C25H20N2O7. The molecule has 0 spiro atoms. The zero-order valence-corrected chi connectivity index (χ0v) is 18.0. The van der Waals surface area contributed by atoms with Crippen LogP contribution in [0.15, 0.2) is 54.1 Å². The van der Waals surface area contributed by atoms with Crippen LogP contribution >= 0.6 is 0 Å². The number of rotatable bonds is 5. The summed E-state index contributed by atoms with van der Waals surface area (Å²) in [6.07, 6.45) is 2.95.